The quantitative estimate of drug-likeness (QED) is 0.552. The number of aromatic nitrogens is 1. The first kappa shape index (κ1) is 18.5. The number of hydrogen-bond donors (Lipinski definition) is 1. The zero-order valence-electron chi connectivity index (χ0n) is 13.9. The zero-order valence-corrected chi connectivity index (χ0v) is 14.6. The van der Waals surface area contributed by atoms with Gasteiger partial charge in [0, 0.05) is 0 Å². The van der Waals surface area contributed by atoms with Crippen LogP contribution in [-0.2, 0) is 17.8 Å². The number of aliphatic hydroxyl groups excluding tert-OH is 1. The Hall–Kier alpha value is -1.82. The van der Waals surface area contributed by atoms with E-state index in [0.29, 0.717) is 36.8 Å². The second-order valence-corrected chi connectivity index (χ2v) is 5.68. The van der Waals surface area contributed by atoms with Crippen molar-refractivity contribution in [2.75, 3.05) is 14.2 Å². The number of hydrogen-bond acceptors (Lipinski definition) is 5. The first-order valence-electron chi connectivity index (χ1n) is 7.74. The fraction of sp³-hybridized carbons (Fsp3) is 0.389. The topological polar surface area (TPSA) is 60.8 Å². The molecule has 0 amide bonds. The standard InChI is InChI=1S/C18H22ClNO4/c1-22-14-8-6-13(7-9-14)12-24-18(21)5-3-4-15-16(23-2)10-11-17(19)20-15/h6-11,18,21H,3-5,12H2,1-2H3. The summed E-state index contributed by atoms with van der Waals surface area (Å²) in [5.74, 6) is 1.50. The Bertz CT molecular complexity index is 633. The van der Waals surface area contributed by atoms with Crippen LogP contribution in [0.1, 0.15) is 24.1 Å². The van der Waals surface area contributed by atoms with E-state index in [-0.39, 0.29) is 0 Å². The molecule has 130 valence electrons. The molecule has 1 aromatic heterocycles. The second-order valence-electron chi connectivity index (χ2n) is 5.29. The summed E-state index contributed by atoms with van der Waals surface area (Å²) in [6.07, 6.45) is 1.06. The molecule has 2 rings (SSSR count). The van der Waals surface area contributed by atoms with Crippen LogP contribution in [-0.4, -0.2) is 30.6 Å². The molecule has 0 spiro atoms. The van der Waals surface area contributed by atoms with Gasteiger partial charge in [0.05, 0.1) is 26.5 Å². The van der Waals surface area contributed by atoms with Gasteiger partial charge < -0.3 is 19.3 Å². The highest BCUT2D eigenvalue weighted by molar-refractivity contribution is 6.29. The highest BCUT2D eigenvalue weighted by Crippen LogP contribution is 2.21. The Morgan fingerprint density at radius 3 is 2.50 bits per heavy atom. The van der Waals surface area contributed by atoms with Crippen molar-refractivity contribution in [3.63, 3.8) is 0 Å². The van der Waals surface area contributed by atoms with E-state index >= 15 is 0 Å². The molecular formula is C18H22ClNO4. The number of benzene rings is 1. The van der Waals surface area contributed by atoms with Crippen LogP contribution in [0.15, 0.2) is 36.4 Å². The van der Waals surface area contributed by atoms with Crippen LogP contribution >= 0.6 is 11.6 Å². The summed E-state index contributed by atoms with van der Waals surface area (Å²) >= 11 is 5.90. The van der Waals surface area contributed by atoms with Gasteiger partial charge in [0.15, 0.2) is 6.29 Å². The van der Waals surface area contributed by atoms with E-state index < -0.39 is 6.29 Å². The maximum absolute atomic E-state index is 9.95. The van der Waals surface area contributed by atoms with E-state index in [9.17, 15) is 5.11 Å². The van der Waals surface area contributed by atoms with Crippen molar-refractivity contribution in [3.05, 3.63) is 52.8 Å². The first-order valence-corrected chi connectivity index (χ1v) is 8.12. The molecule has 24 heavy (non-hydrogen) atoms. The number of aliphatic hydroxyl groups is 1. The highest BCUT2D eigenvalue weighted by Gasteiger charge is 2.09. The number of halogens is 1. The van der Waals surface area contributed by atoms with Crippen LogP contribution in [0.3, 0.4) is 0 Å². The van der Waals surface area contributed by atoms with Crippen molar-refractivity contribution >= 4 is 11.6 Å². The largest absolute Gasteiger partial charge is 0.497 e. The lowest BCUT2D eigenvalue weighted by molar-refractivity contribution is -0.112. The van der Waals surface area contributed by atoms with E-state index in [1.165, 1.54) is 0 Å². The molecule has 0 aliphatic carbocycles. The fourth-order valence-corrected chi connectivity index (χ4v) is 2.43. The molecule has 1 atom stereocenters. The molecule has 1 heterocycles. The van der Waals surface area contributed by atoms with E-state index in [1.807, 2.05) is 24.3 Å². The maximum Gasteiger partial charge on any atom is 0.154 e. The molecule has 0 saturated carbocycles. The molecule has 5 nitrogen and oxygen atoms in total. The Labute approximate surface area is 147 Å². The summed E-state index contributed by atoms with van der Waals surface area (Å²) in [5.41, 5.74) is 1.76. The van der Waals surface area contributed by atoms with Crippen molar-refractivity contribution in [2.45, 2.75) is 32.2 Å². The van der Waals surface area contributed by atoms with Crippen LogP contribution in [0.5, 0.6) is 11.5 Å². The molecule has 2 aromatic rings. The van der Waals surface area contributed by atoms with Gasteiger partial charge in [-0.1, -0.05) is 23.7 Å². The number of methoxy groups -OCH3 is 2. The molecule has 0 saturated heterocycles. The van der Waals surface area contributed by atoms with Crippen molar-refractivity contribution in [1.82, 2.24) is 4.98 Å². The van der Waals surface area contributed by atoms with Crippen molar-refractivity contribution < 1.29 is 19.3 Å². The zero-order chi connectivity index (χ0) is 17.4. The van der Waals surface area contributed by atoms with Gasteiger partial charge in [-0.2, -0.15) is 0 Å². The van der Waals surface area contributed by atoms with E-state index in [2.05, 4.69) is 4.98 Å². The van der Waals surface area contributed by atoms with Crippen molar-refractivity contribution in [3.8, 4) is 11.5 Å². The Morgan fingerprint density at radius 2 is 1.83 bits per heavy atom. The summed E-state index contributed by atoms with van der Waals surface area (Å²) in [4.78, 5) is 4.26. The number of aryl methyl sites for hydroxylation is 1. The molecule has 6 heteroatoms. The molecule has 0 radical (unpaired) electrons. The molecule has 0 fully saturated rings. The summed E-state index contributed by atoms with van der Waals surface area (Å²) in [7, 11) is 3.22. The lowest BCUT2D eigenvalue weighted by atomic mass is 10.1. The maximum atomic E-state index is 9.95. The fourth-order valence-electron chi connectivity index (χ4n) is 2.27. The van der Waals surface area contributed by atoms with E-state index in [0.717, 1.165) is 17.0 Å². The van der Waals surface area contributed by atoms with Gasteiger partial charge in [0.2, 0.25) is 0 Å². The van der Waals surface area contributed by atoms with Crippen molar-refractivity contribution in [2.24, 2.45) is 0 Å². The Balaban J connectivity index is 1.75. The molecule has 0 aliphatic rings. The average Bonchev–Trinajstić information content (AvgIpc) is 2.60. The van der Waals surface area contributed by atoms with Crippen LogP contribution < -0.4 is 9.47 Å². The van der Waals surface area contributed by atoms with Crippen LogP contribution in [0.2, 0.25) is 5.15 Å². The number of ether oxygens (including phenoxy) is 3. The predicted molar refractivity (Wildman–Crippen MR) is 92.5 cm³/mol. The van der Waals surface area contributed by atoms with Crippen molar-refractivity contribution in [1.29, 1.82) is 0 Å². The molecular weight excluding hydrogens is 330 g/mol. The number of pyridine rings is 1. The Morgan fingerprint density at radius 1 is 1.08 bits per heavy atom. The average molecular weight is 352 g/mol. The van der Waals surface area contributed by atoms with Gasteiger partial charge in [0.25, 0.3) is 0 Å². The van der Waals surface area contributed by atoms with Gasteiger partial charge in [-0.15, -0.1) is 0 Å². The minimum atomic E-state index is -0.822. The SMILES string of the molecule is COc1ccc(COC(O)CCCc2nc(Cl)ccc2OC)cc1. The summed E-state index contributed by atoms with van der Waals surface area (Å²) in [6, 6.07) is 11.0. The summed E-state index contributed by atoms with van der Waals surface area (Å²) in [6.45, 7) is 0.351. The molecule has 1 unspecified atom stereocenters. The van der Waals surface area contributed by atoms with Crippen LogP contribution in [0.25, 0.3) is 0 Å². The normalized spacial score (nSPS) is 12.0. The Kier molecular flexibility index (Phi) is 7.31. The lowest BCUT2D eigenvalue weighted by Crippen LogP contribution is -2.12. The molecule has 1 N–H and O–H groups in total. The molecule has 0 bridgehead atoms. The van der Waals surface area contributed by atoms with Gasteiger partial charge in [-0.05, 0) is 49.1 Å². The van der Waals surface area contributed by atoms with Gasteiger partial charge >= 0.3 is 0 Å². The minimum absolute atomic E-state index is 0.351. The third-order valence-corrected chi connectivity index (χ3v) is 3.79. The van der Waals surface area contributed by atoms with Gasteiger partial charge in [-0.25, -0.2) is 4.98 Å². The van der Waals surface area contributed by atoms with Gasteiger partial charge in [0.1, 0.15) is 16.7 Å². The van der Waals surface area contributed by atoms with E-state index in [1.54, 1.807) is 26.4 Å². The summed E-state index contributed by atoms with van der Waals surface area (Å²) < 4.78 is 15.8. The highest BCUT2D eigenvalue weighted by atomic mass is 35.5. The minimum Gasteiger partial charge on any atom is -0.497 e. The monoisotopic (exact) mass is 351 g/mol. The van der Waals surface area contributed by atoms with Crippen LogP contribution in [0, 0.1) is 0 Å². The summed E-state index contributed by atoms with van der Waals surface area (Å²) in [5, 5.41) is 10.4. The first-order chi connectivity index (χ1) is 11.6. The lowest BCUT2D eigenvalue weighted by Gasteiger charge is -2.13. The van der Waals surface area contributed by atoms with E-state index in [4.69, 9.17) is 25.8 Å². The molecule has 1 aromatic carbocycles. The predicted octanol–water partition coefficient (Wildman–Crippen LogP) is 3.61. The second kappa shape index (κ2) is 9.47. The molecule has 0 aliphatic heterocycles. The number of nitrogens with zero attached hydrogens (tertiary/aromatic N) is 1. The number of rotatable bonds is 9. The van der Waals surface area contributed by atoms with Gasteiger partial charge in [-0.3, -0.25) is 0 Å². The smallest absolute Gasteiger partial charge is 0.154 e. The van der Waals surface area contributed by atoms with Crippen LogP contribution in [0.4, 0.5) is 0 Å². The third kappa shape index (κ3) is 5.67. The third-order valence-electron chi connectivity index (χ3n) is 3.58.